The van der Waals surface area contributed by atoms with Crippen molar-refractivity contribution < 1.29 is 4.79 Å². The summed E-state index contributed by atoms with van der Waals surface area (Å²) in [5.74, 6) is 0.134. The van der Waals surface area contributed by atoms with Crippen molar-refractivity contribution in [1.82, 2.24) is 4.90 Å². The first-order valence-corrected chi connectivity index (χ1v) is 6.51. The fraction of sp³-hybridized carbons (Fsp3) is 0.364. The number of carbonyl (C=O) groups is 1. The average Bonchev–Trinajstić information content (AvgIpc) is 2.67. The third kappa shape index (κ3) is 2.61. The van der Waals surface area contributed by atoms with E-state index in [1.807, 2.05) is 23.1 Å². The minimum atomic E-state index is 0.134. The first-order valence-electron chi connectivity index (χ1n) is 4.92. The van der Waals surface area contributed by atoms with E-state index in [0.29, 0.717) is 0 Å². The van der Waals surface area contributed by atoms with Crippen LogP contribution in [-0.2, 0) is 0 Å². The van der Waals surface area contributed by atoms with Crippen LogP contribution < -0.4 is 0 Å². The molecule has 15 heavy (non-hydrogen) atoms. The molecule has 0 spiro atoms. The molecule has 4 heteroatoms. The van der Waals surface area contributed by atoms with Crippen molar-refractivity contribution in [2.45, 2.75) is 12.8 Å². The maximum Gasteiger partial charge on any atom is 0.253 e. The smallest absolute Gasteiger partial charge is 0.253 e. The molecule has 2 rings (SSSR count). The third-order valence-electron chi connectivity index (χ3n) is 2.50. The average molecular weight is 333 g/mol. The normalized spacial score (nSPS) is 15.7. The lowest BCUT2D eigenvalue weighted by Gasteiger charge is -2.15. The molecule has 1 saturated heterocycles. The fourth-order valence-corrected chi connectivity index (χ4v) is 3.07. The molecule has 1 amide bonds. The molecule has 0 N–H and O–H groups in total. The second kappa shape index (κ2) is 4.66. The minimum Gasteiger partial charge on any atom is -0.339 e. The highest BCUT2D eigenvalue weighted by Crippen LogP contribution is 2.22. The molecule has 0 radical (unpaired) electrons. The summed E-state index contributed by atoms with van der Waals surface area (Å²) in [6.07, 6.45) is 2.25. The number of carbonyl (C=O) groups excluding carboxylic acids is 1. The van der Waals surface area contributed by atoms with Gasteiger partial charge in [0, 0.05) is 27.6 Å². The zero-order chi connectivity index (χ0) is 10.8. The SMILES string of the molecule is O=C(c1cc(Br)cc(Br)c1)N1CCCC1. The van der Waals surface area contributed by atoms with E-state index in [0.717, 1.165) is 40.4 Å². The Balaban J connectivity index is 2.24. The molecule has 2 nitrogen and oxygen atoms in total. The molecule has 80 valence electrons. The number of hydrogen-bond acceptors (Lipinski definition) is 1. The van der Waals surface area contributed by atoms with Crippen molar-refractivity contribution in [1.29, 1.82) is 0 Å². The molecular formula is C11H11Br2NO. The number of rotatable bonds is 1. The fourth-order valence-electron chi connectivity index (χ4n) is 1.78. The Hall–Kier alpha value is -0.350. The molecule has 0 saturated carbocycles. The maximum atomic E-state index is 12.0. The monoisotopic (exact) mass is 331 g/mol. The number of amides is 1. The van der Waals surface area contributed by atoms with Gasteiger partial charge in [-0.25, -0.2) is 0 Å². The summed E-state index contributed by atoms with van der Waals surface area (Å²) in [4.78, 5) is 13.9. The molecular weight excluding hydrogens is 322 g/mol. The third-order valence-corrected chi connectivity index (χ3v) is 3.42. The van der Waals surface area contributed by atoms with Crippen LogP contribution in [0, 0.1) is 0 Å². The van der Waals surface area contributed by atoms with Crippen LogP contribution in [0.3, 0.4) is 0 Å². The maximum absolute atomic E-state index is 12.0. The van der Waals surface area contributed by atoms with Gasteiger partial charge in [0.15, 0.2) is 0 Å². The van der Waals surface area contributed by atoms with Gasteiger partial charge >= 0.3 is 0 Å². The Morgan fingerprint density at radius 3 is 2.13 bits per heavy atom. The van der Waals surface area contributed by atoms with E-state index in [2.05, 4.69) is 31.9 Å². The molecule has 1 aromatic rings. The highest BCUT2D eigenvalue weighted by molar-refractivity contribution is 9.11. The minimum absolute atomic E-state index is 0.134. The van der Waals surface area contributed by atoms with Crippen LogP contribution >= 0.6 is 31.9 Å². The van der Waals surface area contributed by atoms with Crippen molar-refractivity contribution in [3.8, 4) is 0 Å². The van der Waals surface area contributed by atoms with Gasteiger partial charge in [-0.3, -0.25) is 4.79 Å². The Bertz CT molecular complexity index is 366. The largest absolute Gasteiger partial charge is 0.339 e. The predicted octanol–water partition coefficient (Wildman–Crippen LogP) is 3.45. The quantitative estimate of drug-likeness (QED) is 0.771. The molecule has 1 aliphatic rings. The van der Waals surface area contributed by atoms with Crippen LogP contribution in [-0.4, -0.2) is 23.9 Å². The van der Waals surface area contributed by atoms with Gasteiger partial charge in [0.2, 0.25) is 0 Å². The first-order chi connectivity index (χ1) is 7.16. The van der Waals surface area contributed by atoms with E-state index < -0.39 is 0 Å². The Labute approximate surface area is 106 Å². The molecule has 1 heterocycles. The Kier molecular flexibility index (Phi) is 3.46. The van der Waals surface area contributed by atoms with Gasteiger partial charge < -0.3 is 4.90 Å². The number of halogens is 2. The van der Waals surface area contributed by atoms with Gasteiger partial charge in [-0.15, -0.1) is 0 Å². The Morgan fingerprint density at radius 2 is 1.60 bits per heavy atom. The summed E-state index contributed by atoms with van der Waals surface area (Å²) < 4.78 is 1.86. The molecule has 1 aliphatic heterocycles. The summed E-state index contributed by atoms with van der Waals surface area (Å²) in [5.41, 5.74) is 0.748. The number of likely N-dealkylation sites (tertiary alicyclic amines) is 1. The lowest BCUT2D eigenvalue weighted by Crippen LogP contribution is -2.27. The second-order valence-corrected chi connectivity index (χ2v) is 5.49. The first kappa shape index (κ1) is 11.1. The highest BCUT2D eigenvalue weighted by atomic mass is 79.9. The second-order valence-electron chi connectivity index (χ2n) is 3.66. The van der Waals surface area contributed by atoms with E-state index in [4.69, 9.17) is 0 Å². The molecule has 0 bridgehead atoms. The molecule has 1 aromatic carbocycles. The van der Waals surface area contributed by atoms with Crippen molar-refractivity contribution in [2.24, 2.45) is 0 Å². The van der Waals surface area contributed by atoms with E-state index in [-0.39, 0.29) is 5.91 Å². The number of benzene rings is 1. The Morgan fingerprint density at radius 1 is 1.07 bits per heavy atom. The van der Waals surface area contributed by atoms with Gasteiger partial charge in [0.25, 0.3) is 5.91 Å². The molecule has 1 fully saturated rings. The van der Waals surface area contributed by atoms with Crippen molar-refractivity contribution in [3.63, 3.8) is 0 Å². The van der Waals surface area contributed by atoms with Crippen LogP contribution in [0.25, 0.3) is 0 Å². The van der Waals surface area contributed by atoms with E-state index in [1.54, 1.807) is 0 Å². The predicted molar refractivity (Wildman–Crippen MR) is 67.0 cm³/mol. The van der Waals surface area contributed by atoms with Gasteiger partial charge in [-0.05, 0) is 31.0 Å². The highest BCUT2D eigenvalue weighted by Gasteiger charge is 2.19. The summed E-state index contributed by atoms with van der Waals surface area (Å²) in [6, 6.07) is 5.66. The molecule has 0 aliphatic carbocycles. The van der Waals surface area contributed by atoms with Gasteiger partial charge in [-0.1, -0.05) is 31.9 Å². The standard InChI is InChI=1S/C11H11Br2NO/c12-9-5-8(6-10(13)7-9)11(15)14-3-1-2-4-14/h5-7H,1-4H2. The van der Waals surface area contributed by atoms with Crippen LogP contribution in [0.4, 0.5) is 0 Å². The van der Waals surface area contributed by atoms with Gasteiger partial charge in [0.05, 0.1) is 0 Å². The zero-order valence-corrected chi connectivity index (χ0v) is 11.3. The molecule has 0 atom stereocenters. The van der Waals surface area contributed by atoms with Crippen molar-refractivity contribution >= 4 is 37.8 Å². The summed E-state index contributed by atoms with van der Waals surface area (Å²) in [6.45, 7) is 1.78. The topological polar surface area (TPSA) is 20.3 Å². The van der Waals surface area contributed by atoms with E-state index in [1.165, 1.54) is 0 Å². The lowest BCUT2D eigenvalue weighted by atomic mass is 10.2. The number of nitrogens with zero attached hydrogens (tertiary/aromatic N) is 1. The van der Waals surface area contributed by atoms with Crippen LogP contribution in [0.2, 0.25) is 0 Å². The van der Waals surface area contributed by atoms with Crippen molar-refractivity contribution in [3.05, 3.63) is 32.7 Å². The number of hydrogen-bond donors (Lipinski definition) is 0. The van der Waals surface area contributed by atoms with Crippen LogP contribution in [0.1, 0.15) is 23.2 Å². The summed E-state index contributed by atoms with van der Waals surface area (Å²) >= 11 is 6.78. The van der Waals surface area contributed by atoms with Gasteiger partial charge in [0.1, 0.15) is 0 Å². The zero-order valence-electron chi connectivity index (χ0n) is 8.17. The van der Waals surface area contributed by atoms with Crippen molar-refractivity contribution in [2.75, 3.05) is 13.1 Å². The molecule has 0 aromatic heterocycles. The summed E-state index contributed by atoms with van der Waals surface area (Å²) in [7, 11) is 0. The van der Waals surface area contributed by atoms with Gasteiger partial charge in [-0.2, -0.15) is 0 Å². The lowest BCUT2D eigenvalue weighted by molar-refractivity contribution is 0.0792. The molecule has 0 unspecified atom stereocenters. The van der Waals surface area contributed by atoms with Crippen LogP contribution in [0.5, 0.6) is 0 Å². The van der Waals surface area contributed by atoms with E-state index in [9.17, 15) is 4.79 Å². The van der Waals surface area contributed by atoms with Crippen LogP contribution in [0.15, 0.2) is 27.1 Å². The van der Waals surface area contributed by atoms with E-state index >= 15 is 0 Å². The summed E-state index contributed by atoms with van der Waals surface area (Å²) in [5, 5.41) is 0.